The van der Waals surface area contributed by atoms with E-state index in [2.05, 4.69) is 5.10 Å². The van der Waals surface area contributed by atoms with E-state index in [0.717, 1.165) is 29.2 Å². The maximum atomic E-state index is 13.1. The van der Waals surface area contributed by atoms with Crippen molar-refractivity contribution >= 4 is 17.7 Å². The summed E-state index contributed by atoms with van der Waals surface area (Å²) < 4.78 is 58.5. The molecule has 3 rings (SSSR count). The van der Waals surface area contributed by atoms with Crippen LogP contribution in [0.4, 0.5) is 28.0 Å². The smallest absolute Gasteiger partial charge is 0.422 e. The van der Waals surface area contributed by atoms with Gasteiger partial charge >= 0.3 is 12.3 Å². The van der Waals surface area contributed by atoms with Gasteiger partial charge in [0.2, 0.25) is 5.60 Å². The van der Waals surface area contributed by atoms with Crippen molar-refractivity contribution in [2.45, 2.75) is 25.2 Å². The maximum absolute atomic E-state index is 13.1. The number of rotatable bonds is 3. The summed E-state index contributed by atoms with van der Waals surface area (Å²) in [6, 6.07) is 3.82. The van der Waals surface area contributed by atoms with Gasteiger partial charge in [0, 0.05) is 0 Å². The zero-order valence-corrected chi connectivity index (χ0v) is 13.6. The fourth-order valence-corrected chi connectivity index (χ4v) is 2.66. The van der Waals surface area contributed by atoms with Gasteiger partial charge in [-0.1, -0.05) is 0 Å². The number of aromatic nitrogens is 2. The van der Waals surface area contributed by atoms with Crippen LogP contribution in [0, 0.1) is 17.1 Å². The van der Waals surface area contributed by atoms with Crippen molar-refractivity contribution < 1.29 is 31.9 Å². The minimum atomic E-state index is -4.86. The van der Waals surface area contributed by atoms with Gasteiger partial charge in [0.15, 0.2) is 5.82 Å². The highest BCUT2D eigenvalue weighted by Crippen LogP contribution is 2.37. The predicted octanol–water partition coefficient (Wildman–Crippen LogP) is 2.85. The predicted molar refractivity (Wildman–Crippen MR) is 80.7 cm³/mol. The third-order valence-electron chi connectivity index (χ3n) is 3.90. The van der Waals surface area contributed by atoms with Crippen molar-refractivity contribution in [3.8, 4) is 6.07 Å². The SMILES string of the molecule is C[C@@]1(Cn2cc(F)cn2)OC(=O)N(c2ccc(C#N)c(C(F)(F)F)c2)C1=O. The molecule has 0 aliphatic carbocycles. The molecule has 27 heavy (non-hydrogen) atoms. The summed E-state index contributed by atoms with van der Waals surface area (Å²) >= 11 is 0. The molecule has 1 aromatic heterocycles. The number of carbonyl (C=O) groups is 2. The molecule has 140 valence electrons. The van der Waals surface area contributed by atoms with E-state index in [1.54, 1.807) is 0 Å². The molecule has 0 spiro atoms. The number of halogens is 4. The van der Waals surface area contributed by atoms with E-state index < -0.39 is 46.4 Å². The first-order valence-electron chi connectivity index (χ1n) is 7.42. The second-order valence-electron chi connectivity index (χ2n) is 5.93. The topological polar surface area (TPSA) is 88.2 Å². The molecule has 1 aliphatic heterocycles. The average molecular weight is 382 g/mol. The highest BCUT2D eigenvalue weighted by atomic mass is 19.4. The Balaban J connectivity index is 1.97. The lowest BCUT2D eigenvalue weighted by molar-refractivity contribution is -0.137. The van der Waals surface area contributed by atoms with E-state index >= 15 is 0 Å². The summed E-state index contributed by atoms with van der Waals surface area (Å²) in [4.78, 5) is 25.2. The standard InChI is InChI=1S/C16H10F4N4O3/c1-15(8-23-7-10(17)6-22-23)13(25)24(14(26)27-15)11-3-2-9(5-21)12(4-11)16(18,19)20/h2-4,6-7H,8H2,1H3/t15-/m0/s1. The molecule has 0 unspecified atom stereocenters. The van der Waals surface area contributed by atoms with Crippen LogP contribution < -0.4 is 4.90 Å². The van der Waals surface area contributed by atoms with E-state index in [1.807, 2.05) is 0 Å². The number of carbonyl (C=O) groups excluding carboxylic acids is 2. The van der Waals surface area contributed by atoms with Crippen molar-refractivity contribution in [2.24, 2.45) is 0 Å². The molecular weight excluding hydrogens is 372 g/mol. The highest BCUT2D eigenvalue weighted by molar-refractivity contribution is 6.19. The largest absolute Gasteiger partial charge is 0.430 e. The Morgan fingerprint density at radius 2 is 2.04 bits per heavy atom. The van der Waals surface area contributed by atoms with Crippen LogP contribution in [0.1, 0.15) is 18.1 Å². The van der Waals surface area contributed by atoms with Crippen LogP contribution >= 0.6 is 0 Å². The van der Waals surface area contributed by atoms with Crippen molar-refractivity contribution in [3.63, 3.8) is 0 Å². The van der Waals surface area contributed by atoms with Gasteiger partial charge in [0.1, 0.15) is 0 Å². The number of amides is 2. The number of anilines is 1. The van der Waals surface area contributed by atoms with E-state index in [4.69, 9.17) is 10.00 Å². The third kappa shape index (κ3) is 3.21. The zero-order valence-electron chi connectivity index (χ0n) is 13.6. The number of imide groups is 1. The van der Waals surface area contributed by atoms with E-state index in [-0.39, 0.29) is 6.54 Å². The van der Waals surface area contributed by atoms with Crippen molar-refractivity contribution in [1.82, 2.24) is 9.78 Å². The number of benzene rings is 1. The molecule has 0 bridgehead atoms. The summed E-state index contributed by atoms with van der Waals surface area (Å²) in [6.07, 6.45) is -4.19. The van der Waals surface area contributed by atoms with Crippen molar-refractivity contribution in [1.29, 1.82) is 5.26 Å². The Morgan fingerprint density at radius 1 is 1.33 bits per heavy atom. The van der Waals surface area contributed by atoms with Gasteiger partial charge in [-0.2, -0.15) is 23.5 Å². The lowest BCUT2D eigenvalue weighted by atomic mass is 10.0. The fraction of sp³-hybridized carbons (Fsp3) is 0.250. The Kier molecular flexibility index (Phi) is 4.14. The van der Waals surface area contributed by atoms with Gasteiger partial charge in [-0.3, -0.25) is 9.48 Å². The molecular formula is C16H10F4N4O3. The molecule has 1 aromatic carbocycles. The molecule has 1 aliphatic rings. The lowest BCUT2D eigenvalue weighted by Crippen LogP contribution is -2.42. The Hall–Kier alpha value is -3.42. The first kappa shape index (κ1) is 18.4. The van der Waals surface area contributed by atoms with Crippen LogP contribution in [0.25, 0.3) is 0 Å². The molecule has 1 fully saturated rings. The Morgan fingerprint density at radius 3 is 2.59 bits per heavy atom. The maximum Gasteiger partial charge on any atom is 0.422 e. The summed E-state index contributed by atoms with van der Waals surface area (Å²) in [5, 5.41) is 12.5. The Labute approximate surface area is 149 Å². The highest BCUT2D eigenvalue weighted by Gasteiger charge is 2.52. The molecule has 0 radical (unpaired) electrons. The monoisotopic (exact) mass is 382 g/mol. The zero-order chi connectivity index (χ0) is 20.0. The number of ether oxygens (including phenoxy) is 1. The molecule has 0 saturated carbocycles. The molecule has 11 heteroatoms. The minimum Gasteiger partial charge on any atom is -0.430 e. The number of hydrogen-bond donors (Lipinski definition) is 0. The number of cyclic esters (lactones) is 1. The first-order valence-corrected chi connectivity index (χ1v) is 7.42. The molecule has 2 aromatic rings. The quantitative estimate of drug-likeness (QED) is 0.762. The summed E-state index contributed by atoms with van der Waals surface area (Å²) in [5.74, 6) is -1.62. The van der Waals surface area contributed by atoms with Crippen LogP contribution in [-0.4, -0.2) is 27.4 Å². The number of nitrogens with zero attached hydrogens (tertiary/aromatic N) is 4. The molecule has 0 N–H and O–H groups in total. The second-order valence-corrected chi connectivity index (χ2v) is 5.93. The van der Waals surface area contributed by atoms with Crippen molar-refractivity contribution in [2.75, 3.05) is 4.90 Å². The summed E-state index contributed by atoms with van der Waals surface area (Å²) in [6.45, 7) is 0.904. The van der Waals surface area contributed by atoms with Crippen LogP contribution in [0.5, 0.6) is 0 Å². The Bertz CT molecular complexity index is 979. The van der Waals surface area contributed by atoms with Gasteiger partial charge in [0.25, 0.3) is 5.91 Å². The number of alkyl halides is 3. The van der Waals surface area contributed by atoms with E-state index in [0.29, 0.717) is 11.0 Å². The van der Waals surface area contributed by atoms with Gasteiger partial charge in [-0.05, 0) is 25.1 Å². The second kappa shape index (κ2) is 6.08. The van der Waals surface area contributed by atoms with Crippen LogP contribution in [-0.2, 0) is 22.3 Å². The van der Waals surface area contributed by atoms with E-state index in [9.17, 15) is 27.2 Å². The van der Waals surface area contributed by atoms with Crippen molar-refractivity contribution in [3.05, 3.63) is 47.5 Å². The molecule has 2 heterocycles. The van der Waals surface area contributed by atoms with E-state index in [1.165, 1.54) is 13.0 Å². The average Bonchev–Trinajstić information content (AvgIpc) is 3.07. The normalized spacial score (nSPS) is 19.9. The molecule has 7 nitrogen and oxygen atoms in total. The van der Waals surface area contributed by atoms with Gasteiger partial charge in [0.05, 0.1) is 41.8 Å². The fourth-order valence-electron chi connectivity index (χ4n) is 2.66. The van der Waals surface area contributed by atoms with Crippen LogP contribution in [0.2, 0.25) is 0 Å². The lowest BCUT2D eigenvalue weighted by Gasteiger charge is -2.20. The molecule has 1 saturated heterocycles. The van der Waals surface area contributed by atoms with Gasteiger partial charge < -0.3 is 4.74 Å². The minimum absolute atomic E-state index is 0.333. The van der Waals surface area contributed by atoms with Gasteiger partial charge in [-0.15, -0.1) is 0 Å². The van der Waals surface area contributed by atoms with Gasteiger partial charge in [-0.25, -0.2) is 14.1 Å². The number of hydrogen-bond acceptors (Lipinski definition) is 5. The van der Waals surface area contributed by atoms with Crippen LogP contribution in [0.3, 0.4) is 0 Å². The molecule has 1 atom stereocenters. The third-order valence-corrected chi connectivity index (χ3v) is 3.90. The summed E-state index contributed by atoms with van der Waals surface area (Å²) in [7, 11) is 0. The van der Waals surface area contributed by atoms with Crippen LogP contribution in [0.15, 0.2) is 30.6 Å². The summed E-state index contributed by atoms with van der Waals surface area (Å²) in [5.41, 5.74) is -4.12. The number of nitriles is 1. The molecule has 2 amide bonds. The first-order chi connectivity index (χ1) is 12.5.